The number of sulfonamides is 1. The summed E-state index contributed by atoms with van der Waals surface area (Å²) in [5, 5.41) is 43.5. The van der Waals surface area contributed by atoms with E-state index in [0.29, 0.717) is 35.9 Å². The third-order valence-electron chi connectivity index (χ3n) is 11.6. The predicted molar refractivity (Wildman–Crippen MR) is 280 cm³/mol. The van der Waals surface area contributed by atoms with E-state index < -0.39 is 73.7 Å². The van der Waals surface area contributed by atoms with Crippen LogP contribution < -0.4 is 32.0 Å². The van der Waals surface area contributed by atoms with Gasteiger partial charge in [0.15, 0.2) is 0 Å². The van der Waals surface area contributed by atoms with Crippen LogP contribution in [0.15, 0.2) is 76.2 Å². The van der Waals surface area contributed by atoms with E-state index >= 15 is 0 Å². The number of carbonyl (C=O) groups is 4. The van der Waals surface area contributed by atoms with Gasteiger partial charge in [-0.3, -0.25) is 48.5 Å². The minimum absolute atomic E-state index is 0.0146. The van der Waals surface area contributed by atoms with E-state index in [1.54, 1.807) is 26.8 Å². The highest BCUT2D eigenvalue weighted by Gasteiger charge is 2.28. The number of nitrogens with one attached hydrogen (secondary N) is 4. The molecule has 2 aromatic heterocycles. The van der Waals surface area contributed by atoms with Crippen molar-refractivity contribution in [1.82, 2.24) is 30.0 Å². The van der Waals surface area contributed by atoms with Crippen LogP contribution in [0.25, 0.3) is 11.1 Å². The number of hydrogen-bond acceptors (Lipinski definition) is 18. The predicted octanol–water partition coefficient (Wildman–Crippen LogP) is 9.30. The molecule has 0 radical (unpaired) electrons. The van der Waals surface area contributed by atoms with Crippen molar-refractivity contribution < 1.29 is 47.1 Å². The summed E-state index contributed by atoms with van der Waals surface area (Å²) in [6.45, 7) is 20.0. The monoisotopic (exact) mass is 1060 g/mol. The van der Waals surface area contributed by atoms with Crippen LogP contribution >= 0.6 is 12.0 Å². The summed E-state index contributed by atoms with van der Waals surface area (Å²) in [7, 11) is -4.40. The van der Waals surface area contributed by atoms with Gasteiger partial charge in [0.1, 0.15) is 22.5 Å². The standard InChI is InChI=1S/C50H68N10O12S2/c1-13-59-47(65)41(45(63)51-33(11)61)31(9)43(49(59)67)55-53-35-21-23-37(39(25-35)73-72-71-57-29(7)19-15-17-27(3)4)38-24-22-36(26-40(38)74(69,70)58-30(8)20-16-18-28(5)6)54-56-44-32(10)42(46(64)52-34(12)62)48(66)60(14-2)50(44)68/h21-30,57-58,67-68H,13-20H2,1-12H3,(H,51,61,63)(H,52,62,64). The molecule has 0 aliphatic carbocycles. The van der Waals surface area contributed by atoms with Crippen molar-refractivity contribution in [3.8, 4) is 22.9 Å². The van der Waals surface area contributed by atoms with Crippen LogP contribution in [0.4, 0.5) is 22.7 Å². The molecule has 2 aromatic carbocycles. The van der Waals surface area contributed by atoms with E-state index in [-0.39, 0.29) is 68.4 Å². The number of hydroxylamine groups is 1. The Kier molecular flexibility index (Phi) is 22.1. The number of hydrogen-bond donors (Lipinski definition) is 6. The number of pyridine rings is 2. The number of aromatic nitrogens is 2. The third-order valence-corrected chi connectivity index (χ3v) is 13.9. The highest BCUT2D eigenvalue weighted by atomic mass is 32.2. The fourth-order valence-corrected chi connectivity index (χ4v) is 9.88. The molecule has 2 heterocycles. The number of carbonyl (C=O) groups excluding carboxylic acids is 4. The number of imide groups is 2. The highest BCUT2D eigenvalue weighted by molar-refractivity contribution is 7.94. The maximum absolute atomic E-state index is 14.6. The Labute approximate surface area is 435 Å². The Morgan fingerprint density at radius 1 is 0.662 bits per heavy atom. The summed E-state index contributed by atoms with van der Waals surface area (Å²) in [5.74, 6) is -3.69. The van der Waals surface area contributed by atoms with Gasteiger partial charge in [0.05, 0.1) is 28.3 Å². The van der Waals surface area contributed by atoms with Gasteiger partial charge in [0.25, 0.3) is 22.9 Å². The molecule has 4 rings (SSSR count). The van der Waals surface area contributed by atoms with Crippen molar-refractivity contribution in [2.75, 3.05) is 0 Å². The molecule has 402 valence electrons. The van der Waals surface area contributed by atoms with Gasteiger partial charge in [-0.05, 0) is 96.0 Å². The van der Waals surface area contributed by atoms with Crippen molar-refractivity contribution in [2.45, 2.75) is 157 Å². The van der Waals surface area contributed by atoms with E-state index in [1.165, 1.54) is 44.2 Å². The molecule has 6 N–H and O–H groups in total. The zero-order valence-corrected chi connectivity index (χ0v) is 45.5. The molecule has 0 spiro atoms. The van der Waals surface area contributed by atoms with Crippen molar-refractivity contribution in [1.29, 1.82) is 0 Å². The fourth-order valence-electron chi connectivity index (χ4n) is 7.78. The lowest BCUT2D eigenvalue weighted by Crippen LogP contribution is -2.36. The molecule has 4 amide bonds. The summed E-state index contributed by atoms with van der Waals surface area (Å²) in [6, 6.07) is 8.16. The quantitative estimate of drug-likeness (QED) is 0.0118. The first-order valence-corrected chi connectivity index (χ1v) is 26.5. The molecule has 74 heavy (non-hydrogen) atoms. The lowest BCUT2D eigenvalue weighted by atomic mass is 10.0. The van der Waals surface area contributed by atoms with Crippen molar-refractivity contribution >= 4 is 68.4 Å². The Bertz CT molecular complexity index is 3020. The molecule has 0 saturated heterocycles. The van der Waals surface area contributed by atoms with Crippen LogP contribution in [-0.4, -0.2) is 63.5 Å². The second kappa shape index (κ2) is 27.2. The molecule has 2 atom stereocenters. The summed E-state index contributed by atoms with van der Waals surface area (Å²) in [5.41, 5.74) is 0.213. The van der Waals surface area contributed by atoms with E-state index in [0.717, 1.165) is 55.1 Å². The van der Waals surface area contributed by atoms with Crippen molar-refractivity contribution in [3.05, 3.63) is 79.4 Å². The van der Waals surface area contributed by atoms with Gasteiger partial charge < -0.3 is 10.2 Å². The first-order valence-electron chi connectivity index (χ1n) is 24.3. The number of benzene rings is 2. The molecular formula is C50H68N10O12S2. The summed E-state index contributed by atoms with van der Waals surface area (Å²) in [4.78, 5) is 81.5. The number of nitrogens with zero attached hydrogens (tertiary/aromatic N) is 6. The number of aromatic hydroxyl groups is 2. The maximum Gasteiger partial charge on any atom is 0.266 e. The van der Waals surface area contributed by atoms with E-state index in [4.69, 9.17) is 9.32 Å². The largest absolute Gasteiger partial charge is 0.493 e. The molecule has 0 fully saturated rings. The SMILES string of the molecule is CCn1c(O)c(N=Nc2ccc(-c3ccc(N=Nc4c(C)c(C(=O)NC(C)=O)c(=O)n(CC)c4O)cc3S(=O)(=O)NC(C)CCCC(C)C)c(SOONC(C)CCCC(C)C)c2)c(C)c(C(=O)NC(C)=O)c1=O. The summed E-state index contributed by atoms with van der Waals surface area (Å²) < 4.78 is 39.5. The molecule has 22 nitrogen and oxygen atoms in total. The van der Waals surface area contributed by atoms with Gasteiger partial charge >= 0.3 is 0 Å². The average molecular weight is 1070 g/mol. The van der Waals surface area contributed by atoms with Gasteiger partial charge in [0.2, 0.25) is 33.6 Å². The summed E-state index contributed by atoms with van der Waals surface area (Å²) >= 11 is 0.716. The zero-order valence-electron chi connectivity index (χ0n) is 43.9. The van der Waals surface area contributed by atoms with Gasteiger partial charge in [0, 0.05) is 60.6 Å². The van der Waals surface area contributed by atoms with E-state index in [2.05, 4.69) is 69.0 Å². The normalized spacial score (nSPS) is 12.8. The summed E-state index contributed by atoms with van der Waals surface area (Å²) in [6.07, 6.45) is 4.90. The van der Waals surface area contributed by atoms with Gasteiger partial charge in [-0.2, -0.15) is 15.7 Å². The second-order valence-electron chi connectivity index (χ2n) is 18.7. The molecule has 4 aromatic rings. The van der Waals surface area contributed by atoms with Crippen LogP contribution in [0.1, 0.15) is 140 Å². The molecule has 0 aliphatic heterocycles. The Hall–Kier alpha value is -6.44. The number of azo groups is 2. The Balaban J connectivity index is 1.94. The Morgan fingerprint density at radius 2 is 1.11 bits per heavy atom. The minimum Gasteiger partial charge on any atom is -0.493 e. The highest BCUT2D eigenvalue weighted by Crippen LogP contribution is 2.41. The van der Waals surface area contributed by atoms with Gasteiger partial charge in [-0.15, -0.1) is 19.6 Å². The number of rotatable bonds is 25. The van der Waals surface area contributed by atoms with Crippen LogP contribution in [-0.2, 0) is 42.0 Å². The molecule has 0 saturated carbocycles. The minimum atomic E-state index is -4.40. The molecular weight excluding hydrogens is 997 g/mol. The molecule has 2 unspecified atom stereocenters. The average Bonchev–Trinajstić information content (AvgIpc) is 3.29. The number of amides is 4. The van der Waals surface area contributed by atoms with Gasteiger partial charge in [-0.25, -0.2) is 13.1 Å². The first-order chi connectivity index (χ1) is 34.8. The van der Waals surface area contributed by atoms with E-state index in [1.807, 2.05) is 6.92 Å². The van der Waals surface area contributed by atoms with Gasteiger partial charge in [-0.1, -0.05) is 65.5 Å². The third kappa shape index (κ3) is 15.8. The topological polar surface area (TPSA) is 303 Å². The van der Waals surface area contributed by atoms with E-state index in [9.17, 15) is 47.4 Å². The smallest absolute Gasteiger partial charge is 0.266 e. The molecule has 0 aliphatic rings. The van der Waals surface area contributed by atoms with Crippen LogP contribution in [0.5, 0.6) is 11.8 Å². The molecule has 24 heteroatoms. The van der Waals surface area contributed by atoms with Crippen LogP contribution in [0.3, 0.4) is 0 Å². The fraction of sp³-hybridized carbons (Fsp3) is 0.480. The second-order valence-corrected chi connectivity index (χ2v) is 21.1. The van der Waals surface area contributed by atoms with Crippen LogP contribution in [0, 0.1) is 25.7 Å². The lowest BCUT2D eigenvalue weighted by Gasteiger charge is -2.19. The Morgan fingerprint density at radius 3 is 1.55 bits per heavy atom. The maximum atomic E-state index is 14.6. The van der Waals surface area contributed by atoms with Crippen molar-refractivity contribution in [3.63, 3.8) is 0 Å². The lowest BCUT2D eigenvalue weighted by molar-refractivity contribution is -0.253. The molecule has 0 bridgehead atoms. The first kappa shape index (κ1) is 60.1. The van der Waals surface area contributed by atoms with Crippen LogP contribution in [0.2, 0.25) is 0 Å². The zero-order chi connectivity index (χ0) is 55.2. The van der Waals surface area contributed by atoms with Crippen molar-refractivity contribution in [2.24, 2.45) is 32.3 Å².